The molecule has 1 saturated heterocycles. The lowest BCUT2D eigenvalue weighted by atomic mass is 10.2. The van der Waals surface area contributed by atoms with Gasteiger partial charge in [-0.05, 0) is 0 Å². The van der Waals surface area contributed by atoms with Gasteiger partial charge >= 0.3 is 0 Å². The fraction of sp³-hybridized carbons (Fsp3) is 0.400. The van der Waals surface area contributed by atoms with Gasteiger partial charge in [0.25, 0.3) is 5.91 Å². The molecule has 0 spiro atoms. The first-order valence-electron chi connectivity index (χ1n) is 2.93. The molecule has 0 aromatic heterocycles. The molecular weight excluding hydrogens is 134 g/mol. The molecule has 2 aliphatic rings. The number of rotatable bonds is 0. The van der Waals surface area contributed by atoms with Gasteiger partial charge in [0.1, 0.15) is 0 Å². The van der Waals surface area contributed by atoms with E-state index in [1.54, 1.807) is 0 Å². The second kappa shape index (κ2) is 1.56. The summed E-state index contributed by atoms with van der Waals surface area (Å²) < 4.78 is 0. The predicted molar refractivity (Wildman–Crippen MR) is 32.1 cm³/mol. The smallest absolute Gasteiger partial charge is 0.268 e. The van der Waals surface area contributed by atoms with Gasteiger partial charge in [-0.3, -0.25) is 9.59 Å². The minimum atomic E-state index is -0.479. The Morgan fingerprint density at radius 3 is 3.00 bits per heavy atom. The standard InChI is InChI=1S/C5H5N3O2/c9-3-1-2-4(6-3)5(10)8-7-2/h4H,1H2,(H,6,9)(H,8,10). The van der Waals surface area contributed by atoms with Crippen molar-refractivity contribution in [2.24, 2.45) is 5.10 Å². The zero-order valence-corrected chi connectivity index (χ0v) is 5.05. The Balaban J connectivity index is 2.31. The number of hydrazone groups is 1. The zero-order chi connectivity index (χ0) is 7.14. The van der Waals surface area contributed by atoms with Crippen LogP contribution in [-0.4, -0.2) is 23.6 Å². The summed E-state index contributed by atoms with van der Waals surface area (Å²) in [6.45, 7) is 0. The summed E-state index contributed by atoms with van der Waals surface area (Å²) in [5, 5.41) is 6.15. The molecule has 2 amide bonds. The van der Waals surface area contributed by atoms with Crippen molar-refractivity contribution in [1.29, 1.82) is 0 Å². The topological polar surface area (TPSA) is 70.6 Å². The molecule has 0 radical (unpaired) electrons. The van der Waals surface area contributed by atoms with E-state index in [0.717, 1.165) is 0 Å². The number of hydrogen-bond donors (Lipinski definition) is 2. The van der Waals surface area contributed by atoms with Crippen LogP contribution in [-0.2, 0) is 9.59 Å². The van der Waals surface area contributed by atoms with Crippen molar-refractivity contribution in [3.05, 3.63) is 0 Å². The number of fused-ring (bicyclic) bond motifs is 1. The highest BCUT2D eigenvalue weighted by molar-refractivity contribution is 6.22. The van der Waals surface area contributed by atoms with Crippen molar-refractivity contribution in [1.82, 2.24) is 10.7 Å². The maximum Gasteiger partial charge on any atom is 0.268 e. The molecule has 0 aliphatic carbocycles. The number of carbonyl (C=O) groups excluding carboxylic acids is 2. The monoisotopic (exact) mass is 139 g/mol. The summed E-state index contributed by atoms with van der Waals surface area (Å²) in [4.78, 5) is 21.4. The van der Waals surface area contributed by atoms with Crippen molar-refractivity contribution in [2.45, 2.75) is 12.5 Å². The molecule has 1 atom stereocenters. The van der Waals surface area contributed by atoms with Gasteiger partial charge in [-0.1, -0.05) is 0 Å². The van der Waals surface area contributed by atoms with Crippen LogP contribution in [0.1, 0.15) is 6.42 Å². The quantitative estimate of drug-likeness (QED) is 0.422. The summed E-state index contributed by atoms with van der Waals surface area (Å²) in [6, 6.07) is -0.479. The van der Waals surface area contributed by atoms with E-state index in [-0.39, 0.29) is 18.2 Å². The van der Waals surface area contributed by atoms with E-state index >= 15 is 0 Å². The van der Waals surface area contributed by atoms with Crippen molar-refractivity contribution < 1.29 is 9.59 Å². The number of hydrogen-bond acceptors (Lipinski definition) is 3. The Morgan fingerprint density at radius 1 is 1.50 bits per heavy atom. The van der Waals surface area contributed by atoms with Crippen LogP contribution in [0.5, 0.6) is 0 Å². The van der Waals surface area contributed by atoms with Gasteiger partial charge < -0.3 is 5.32 Å². The van der Waals surface area contributed by atoms with Crippen molar-refractivity contribution in [3.63, 3.8) is 0 Å². The van der Waals surface area contributed by atoms with E-state index in [0.29, 0.717) is 5.71 Å². The maximum atomic E-state index is 10.8. The fourth-order valence-electron chi connectivity index (χ4n) is 1.07. The van der Waals surface area contributed by atoms with Gasteiger partial charge in [0.2, 0.25) is 5.91 Å². The minimum absolute atomic E-state index is 0.126. The summed E-state index contributed by atoms with van der Waals surface area (Å²) in [7, 11) is 0. The Bertz CT molecular complexity index is 245. The lowest BCUT2D eigenvalue weighted by molar-refractivity contribution is -0.125. The lowest BCUT2D eigenvalue weighted by Crippen LogP contribution is -2.37. The van der Waals surface area contributed by atoms with Crippen molar-refractivity contribution in [3.8, 4) is 0 Å². The molecule has 52 valence electrons. The SMILES string of the molecule is O=C1CC2=NNC(=O)C2N1. The number of amides is 2. The van der Waals surface area contributed by atoms with E-state index in [1.165, 1.54) is 0 Å². The number of carbonyl (C=O) groups is 2. The Morgan fingerprint density at radius 2 is 2.30 bits per heavy atom. The van der Waals surface area contributed by atoms with Gasteiger partial charge in [-0.15, -0.1) is 0 Å². The maximum absolute atomic E-state index is 10.8. The minimum Gasteiger partial charge on any atom is -0.339 e. The molecule has 10 heavy (non-hydrogen) atoms. The zero-order valence-electron chi connectivity index (χ0n) is 5.05. The first-order valence-corrected chi connectivity index (χ1v) is 2.93. The molecule has 5 nitrogen and oxygen atoms in total. The molecule has 0 aromatic rings. The van der Waals surface area contributed by atoms with E-state index in [4.69, 9.17) is 0 Å². The highest BCUT2D eigenvalue weighted by Crippen LogP contribution is 2.08. The molecule has 1 unspecified atom stereocenters. The van der Waals surface area contributed by atoms with Gasteiger partial charge in [-0.2, -0.15) is 5.10 Å². The van der Waals surface area contributed by atoms with Crippen LogP contribution in [0.15, 0.2) is 5.10 Å². The first kappa shape index (κ1) is 5.40. The van der Waals surface area contributed by atoms with Gasteiger partial charge in [0.05, 0.1) is 12.1 Å². The van der Waals surface area contributed by atoms with Crippen molar-refractivity contribution >= 4 is 17.5 Å². The van der Waals surface area contributed by atoms with Crippen LogP contribution in [0.3, 0.4) is 0 Å². The van der Waals surface area contributed by atoms with Crippen LogP contribution in [0.25, 0.3) is 0 Å². The molecule has 2 rings (SSSR count). The second-order valence-corrected chi connectivity index (χ2v) is 2.26. The summed E-state index contributed by atoms with van der Waals surface area (Å²) in [5.41, 5.74) is 2.88. The third-order valence-electron chi connectivity index (χ3n) is 1.55. The van der Waals surface area contributed by atoms with Crippen molar-refractivity contribution in [2.75, 3.05) is 0 Å². The molecular formula is C5H5N3O2. The third-order valence-corrected chi connectivity index (χ3v) is 1.55. The lowest BCUT2D eigenvalue weighted by Gasteiger charge is -1.97. The molecule has 0 aromatic carbocycles. The van der Waals surface area contributed by atoms with Crippen LogP contribution >= 0.6 is 0 Å². The Hall–Kier alpha value is -1.39. The average Bonchev–Trinajstić information content (AvgIpc) is 2.35. The van der Waals surface area contributed by atoms with Crippen LogP contribution in [0.4, 0.5) is 0 Å². The number of nitrogens with one attached hydrogen (secondary N) is 2. The molecule has 0 bridgehead atoms. The van der Waals surface area contributed by atoms with Crippen LogP contribution in [0.2, 0.25) is 0 Å². The molecule has 2 heterocycles. The average molecular weight is 139 g/mol. The molecule has 2 N–H and O–H groups in total. The predicted octanol–water partition coefficient (Wildman–Crippen LogP) is -1.64. The van der Waals surface area contributed by atoms with Crippen LogP contribution < -0.4 is 10.7 Å². The van der Waals surface area contributed by atoms with E-state index in [1.807, 2.05) is 0 Å². The fourth-order valence-corrected chi connectivity index (χ4v) is 1.07. The molecule has 0 saturated carbocycles. The Kier molecular flexibility index (Phi) is 0.841. The first-order chi connectivity index (χ1) is 4.77. The summed E-state index contributed by atoms with van der Waals surface area (Å²) in [5.74, 6) is -0.362. The van der Waals surface area contributed by atoms with Gasteiger partial charge in [0.15, 0.2) is 6.04 Å². The summed E-state index contributed by atoms with van der Waals surface area (Å²) in [6.07, 6.45) is 0.253. The van der Waals surface area contributed by atoms with Gasteiger partial charge in [0, 0.05) is 0 Å². The van der Waals surface area contributed by atoms with E-state index < -0.39 is 6.04 Å². The van der Waals surface area contributed by atoms with E-state index in [2.05, 4.69) is 15.8 Å². The second-order valence-electron chi connectivity index (χ2n) is 2.26. The Labute approximate surface area is 56.5 Å². The normalized spacial score (nSPS) is 29.2. The molecule has 5 heteroatoms. The largest absolute Gasteiger partial charge is 0.339 e. The highest BCUT2D eigenvalue weighted by Gasteiger charge is 2.37. The highest BCUT2D eigenvalue weighted by atomic mass is 16.2. The van der Waals surface area contributed by atoms with Crippen LogP contribution in [0, 0.1) is 0 Å². The molecule has 1 fully saturated rings. The molecule has 2 aliphatic heterocycles. The van der Waals surface area contributed by atoms with E-state index in [9.17, 15) is 9.59 Å². The third kappa shape index (κ3) is 0.541. The van der Waals surface area contributed by atoms with Gasteiger partial charge in [-0.25, -0.2) is 5.43 Å². The number of nitrogens with zero attached hydrogens (tertiary/aromatic N) is 1. The summed E-state index contributed by atoms with van der Waals surface area (Å²) >= 11 is 0.